The zero-order chi connectivity index (χ0) is 14.4. The van der Waals surface area contributed by atoms with Crippen molar-refractivity contribution in [2.45, 2.75) is 6.92 Å². The van der Waals surface area contributed by atoms with Gasteiger partial charge in [-0.1, -0.05) is 12.1 Å². The number of urea groups is 1. The largest absolute Gasteiger partial charge is 0.478 e. The third-order valence-electron chi connectivity index (χ3n) is 2.77. The van der Waals surface area contributed by atoms with Crippen LogP contribution in [0.1, 0.15) is 15.9 Å². The fourth-order valence-electron chi connectivity index (χ4n) is 1.65. The molecule has 0 aliphatic heterocycles. The van der Waals surface area contributed by atoms with E-state index in [-0.39, 0.29) is 11.6 Å². The number of rotatable bonds is 5. The quantitative estimate of drug-likeness (QED) is 0.751. The predicted octanol–water partition coefficient (Wildman–Crippen LogP) is 1.38. The second-order valence-electron chi connectivity index (χ2n) is 4.26. The maximum absolute atomic E-state index is 11.9. The van der Waals surface area contributed by atoms with Crippen LogP contribution >= 0.6 is 0 Å². The summed E-state index contributed by atoms with van der Waals surface area (Å²) in [4.78, 5) is 24.6. The number of hydrogen-bond donors (Lipinski definition) is 3. The Morgan fingerprint density at radius 2 is 2.05 bits per heavy atom. The number of carboxylic acid groups (broad SMARTS) is 1. The normalized spacial score (nSPS) is 10.1. The first kappa shape index (κ1) is 15.0. The van der Waals surface area contributed by atoms with Crippen molar-refractivity contribution >= 4 is 17.7 Å². The van der Waals surface area contributed by atoms with E-state index in [9.17, 15) is 9.59 Å². The second-order valence-corrected chi connectivity index (χ2v) is 4.26. The van der Waals surface area contributed by atoms with Gasteiger partial charge in [-0.3, -0.25) is 0 Å². The third kappa shape index (κ3) is 3.96. The summed E-state index contributed by atoms with van der Waals surface area (Å²) in [6.45, 7) is 2.91. The Morgan fingerprint density at radius 1 is 1.37 bits per heavy atom. The molecule has 0 saturated heterocycles. The minimum Gasteiger partial charge on any atom is -0.478 e. The SMILES string of the molecule is CNCCN(C)C(=O)Nc1cccc(C)c1C(=O)O. The molecule has 1 rings (SSSR count). The van der Waals surface area contributed by atoms with Crippen molar-refractivity contribution in [1.82, 2.24) is 10.2 Å². The maximum atomic E-state index is 11.9. The molecule has 104 valence electrons. The van der Waals surface area contributed by atoms with Crippen LogP contribution in [0.3, 0.4) is 0 Å². The molecule has 6 heteroatoms. The van der Waals surface area contributed by atoms with E-state index in [2.05, 4.69) is 10.6 Å². The molecule has 0 atom stereocenters. The Hall–Kier alpha value is -2.08. The van der Waals surface area contributed by atoms with Crippen molar-refractivity contribution in [2.24, 2.45) is 0 Å². The molecular formula is C13H19N3O3. The van der Waals surface area contributed by atoms with Crippen molar-refractivity contribution in [2.75, 3.05) is 32.5 Å². The molecule has 2 amide bonds. The van der Waals surface area contributed by atoms with E-state index in [0.29, 0.717) is 24.3 Å². The van der Waals surface area contributed by atoms with Gasteiger partial charge in [0.25, 0.3) is 0 Å². The molecule has 3 N–H and O–H groups in total. The Kier molecular flexibility index (Phi) is 5.32. The number of carboxylic acids is 1. The number of nitrogens with zero attached hydrogens (tertiary/aromatic N) is 1. The van der Waals surface area contributed by atoms with Gasteiger partial charge in [0.1, 0.15) is 0 Å². The third-order valence-corrected chi connectivity index (χ3v) is 2.77. The Balaban J connectivity index is 2.85. The van der Waals surface area contributed by atoms with Crippen molar-refractivity contribution in [3.05, 3.63) is 29.3 Å². The van der Waals surface area contributed by atoms with E-state index >= 15 is 0 Å². The fraction of sp³-hybridized carbons (Fsp3) is 0.385. The smallest absolute Gasteiger partial charge is 0.338 e. The summed E-state index contributed by atoms with van der Waals surface area (Å²) >= 11 is 0. The van der Waals surface area contributed by atoms with Gasteiger partial charge in [0, 0.05) is 20.1 Å². The van der Waals surface area contributed by atoms with Crippen LogP contribution in [0, 0.1) is 6.92 Å². The van der Waals surface area contributed by atoms with Gasteiger partial charge < -0.3 is 20.6 Å². The van der Waals surface area contributed by atoms with Gasteiger partial charge >= 0.3 is 12.0 Å². The Morgan fingerprint density at radius 3 is 2.63 bits per heavy atom. The number of aryl methyl sites for hydroxylation is 1. The highest BCUT2D eigenvalue weighted by Crippen LogP contribution is 2.19. The molecule has 0 radical (unpaired) electrons. The molecule has 1 aromatic rings. The fourth-order valence-corrected chi connectivity index (χ4v) is 1.65. The van der Waals surface area contributed by atoms with E-state index in [1.54, 1.807) is 39.2 Å². The number of aromatic carboxylic acids is 1. The lowest BCUT2D eigenvalue weighted by Gasteiger charge is -2.19. The highest BCUT2D eigenvalue weighted by atomic mass is 16.4. The molecule has 0 spiro atoms. The van der Waals surface area contributed by atoms with Crippen molar-refractivity contribution < 1.29 is 14.7 Å². The first-order valence-corrected chi connectivity index (χ1v) is 5.97. The predicted molar refractivity (Wildman–Crippen MR) is 73.7 cm³/mol. The van der Waals surface area contributed by atoms with Crippen LogP contribution in [0.5, 0.6) is 0 Å². The van der Waals surface area contributed by atoms with Crippen LogP contribution in [-0.4, -0.2) is 49.2 Å². The van der Waals surface area contributed by atoms with Crippen molar-refractivity contribution in [3.8, 4) is 0 Å². The molecule has 0 saturated carbocycles. The maximum Gasteiger partial charge on any atom is 0.338 e. The van der Waals surface area contributed by atoms with Gasteiger partial charge in [0.05, 0.1) is 11.3 Å². The number of likely N-dealkylation sites (N-methyl/N-ethyl adjacent to an activating group) is 2. The van der Waals surface area contributed by atoms with Gasteiger partial charge in [-0.05, 0) is 25.6 Å². The highest BCUT2D eigenvalue weighted by molar-refractivity contribution is 6.01. The summed E-state index contributed by atoms with van der Waals surface area (Å²) < 4.78 is 0. The average Bonchev–Trinajstić information content (AvgIpc) is 2.35. The molecular weight excluding hydrogens is 246 g/mol. The summed E-state index contributed by atoms with van der Waals surface area (Å²) in [6, 6.07) is 4.66. The summed E-state index contributed by atoms with van der Waals surface area (Å²) in [5.74, 6) is -1.05. The van der Waals surface area contributed by atoms with E-state index in [4.69, 9.17) is 5.11 Å². The first-order chi connectivity index (χ1) is 8.97. The van der Waals surface area contributed by atoms with Gasteiger partial charge in [-0.2, -0.15) is 0 Å². The van der Waals surface area contributed by atoms with E-state index in [1.807, 2.05) is 0 Å². The zero-order valence-electron chi connectivity index (χ0n) is 11.4. The van der Waals surface area contributed by atoms with Crippen LogP contribution in [0.15, 0.2) is 18.2 Å². The summed E-state index contributed by atoms with van der Waals surface area (Å²) in [5.41, 5.74) is 1.05. The van der Waals surface area contributed by atoms with Gasteiger partial charge in [0.15, 0.2) is 0 Å². The highest BCUT2D eigenvalue weighted by Gasteiger charge is 2.16. The summed E-state index contributed by atoms with van der Waals surface area (Å²) in [7, 11) is 3.46. The van der Waals surface area contributed by atoms with E-state index < -0.39 is 5.97 Å². The molecule has 0 fully saturated rings. The number of amides is 2. The van der Waals surface area contributed by atoms with E-state index in [1.165, 1.54) is 4.90 Å². The molecule has 0 aliphatic carbocycles. The van der Waals surface area contributed by atoms with Crippen LogP contribution in [0.4, 0.5) is 10.5 Å². The summed E-state index contributed by atoms with van der Waals surface area (Å²) in [6.07, 6.45) is 0. The minimum absolute atomic E-state index is 0.123. The number of anilines is 1. The number of carbonyl (C=O) groups excluding carboxylic acids is 1. The van der Waals surface area contributed by atoms with Crippen LogP contribution in [0.25, 0.3) is 0 Å². The van der Waals surface area contributed by atoms with Gasteiger partial charge in [-0.15, -0.1) is 0 Å². The van der Waals surface area contributed by atoms with Gasteiger partial charge in [0.2, 0.25) is 0 Å². The van der Waals surface area contributed by atoms with Crippen molar-refractivity contribution in [1.29, 1.82) is 0 Å². The Labute approximate surface area is 112 Å². The monoisotopic (exact) mass is 265 g/mol. The number of nitrogens with one attached hydrogen (secondary N) is 2. The van der Waals surface area contributed by atoms with Crippen LogP contribution < -0.4 is 10.6 Å². The van der Waals surface area contributed by atoms with Crippen molar-refractivity contribution in [3.63, 3.8) is 0 Å². The lowest BCUT2D eigenvalue weighted by molar-refractivity contribution is 0.0697. The van der Waals surface area contributed by atoms with Crippen LogP contribution in [0.2, 0.25) is 0 Å². The minimum atomic E-state index is -1.05. The van der Waals surface area contributed by atoms with Crippen LogP contribution in [-0.2, 0) is 0 Å². The van der Waals surface area contributed by atoms with E-state index in [0.717, 1.165) is 0 Å². The Bertz CT molecular complexity index is 474. The average molecular weight is 265 g/mol. The molecule has 0 bridgehead atoms. The molecule has 1 aromatic carbocycles. The topological polar surface area (TPSA) is 81.7 Å². The lowest BCUT2D eigenvalue weighted by atomic mass is 10.1. The second kappa shape index (κ2) is 6.75. The lowest BCUT2D eigenvalue weighted by Crippen LogP contribution is -2.36. The molecule has 19 heavy (non-hydrogen) atoms. The molecule has 0 unspecified atom stereocenters. The molecule has 0 aromatic heterocycles. The molecule has 0 aliphatic rings. The zero-order valence-corrected chi connectivity index (χ0v) is 11.4. The number of hydrogen-bond acceptors (Lipinski definition) is 3. The molecule has 6 nitrogen and oxygen atoms in total. The number of benzene rings is 1. The van der Waals surface area contributed by atoms with Gasteiger partial charge in [-0.25, -0.2) is 9.59 Å². The number of carbonyl (C=O) groups is 2. The summed E-state index contributed by atoms with van der Waals surface area (Å²) in [5, 5.41) is 14.7. The molecule has 0 heterocycles. The standard InChI is InChI=1S/C13H19N3O3/c1-9-5-4-6-10(11(9)12(17)18)15-13(19)16(3)8-7-14-2/h4-6,14H,7-8H2,1-3H3,(H,15,19)(H,17,18). The first-order valence-electron chi connectivity index (χ1n) is 5.97.